The lowest BCUT2D eigenvalue weighted by Gasteiger charge is -2.44. The molecule has 0 radical (unpaired) electrons. The van der Waals surface area contributed by atoms with Gasteiger partial charge in [0.25, 0.3) is 0 Å². The van der Waals surface area contributed by atoms with Crippen LogP contribution in [0.25, 0.3) is 32.2 Å². The summed E-state index contributed by atoms with van der Waals surface area (Å²) in [6.07, 6.45) is 1.47. The molecule has 0 unspecified atom stereocenters. The van der Waals surface area contributed by atoms with E-state index in [0.717, 1.165) is 17.5 Å². The summed E-state index contributed by atoms with van der Waals surface area (Å²) in [5, 5.41) is 13.3. The lowest BCUT2D eigenvalue weighted by Crippen LogP contribution is -2.59. The second-order valence-corrected chi connectivity index (χ2v) is 13.2. The van der Waals surface area contributed by atoms with E-state index < -0.39 is 29.5 Å². The number of nitrogens with one attached hydrogen (secondary N) is 1. The van der Waals surface area contributed by atoms with Crippen LogP contribution in [0.1, 0.15) is 43.9 Å². The van der Waals surface area contributed by atoms with E-state index >= 15 is 8.78 Å². The Hall–Kier alpha value is -4.06. The van der Waals surface area contributed by atoms with E-state index in [-0.39, 0.29) is 56.7 Å². The van der Waals surface area contributed by atoms with Gasteiger partial charge in [-0.15, -0.1) is 11.3 Å². The van der Waals surface area contributed by atoms with Gasteiger partial charge in [-0.25, -0.2) is 27.9 Å². The number of hydrogen-bond acceptors (Lipinski definition) is 10. The first-order chi connectivity index (χ1) is 21.0. The average molecular weight is 624 g/mol. The first-order valence-corrected chi connectivity index (χ1v) is 15.1. The highest BCUT2D eigenvalue weighted by atomic mass is 32.1. The molecule has 3 aromatic heterocycles. The first kappa shape index (κ1) is 28.7. The van der Waals surface area contributed by atoms with Crippen molar-refractivity contribution in [1.29, 1.82) is 5.26 Å². The number of carbonyl (C=O) groups is 1. The van der Waals surface area contributed by atoms with Crippen LogP contribution in [-0.4, -0.2) is 69.9 Å². The standard InChI is InChI=1S/C30H28F3N7O3S/c1-30(2,3)43-29(41)38-27-16(6-34)22-25(35-8-20(32)26(22)44-27)21-19-13-42-12-18(19)17-7-36-28(37-24(17)23(21)33)40-10-15(11-40)39-5-4-14(31)9-39/h7-8,14-15H,4-5,9-13H2,1-3H3,(H,38,41)/t14-/m0/s1. The average Bonchev–Trinajstić information content (AvgIpc) is 3.67. The monoisotopic (exact) mass is 623 g/mol. The van der Waals surface area contributed by atoms with Gasteiger partial charge in [0.2, 0.25) is 5.95 Å². The number of amides is 1. The first-order valence-electron chi connectivity index (χ1n) is 14.2. The molecule has 6 heterocycles. The van der Waals surface area contributed by atoms with Crippen molar-refractivity contribution >= 4 is 49.4 Å². The van der Waals surface area contributed by atoms with Crippen LogP contribution in [0.3, 0.4) is 0 Å². The number of hydrogen-bond donors (Lipinski definition) is 1. The normalized spacial score (nSPS) is 18.9. The molecule has 0 aliphatic carbocycles. The highest BCUT2D eigenvalue weighted by Crippen LogP contribution is 2.46. The molecule has 0 saturated carbocycles. The Morgan fingerprint density at radius 3 is 2.66 bits per heavy atom. The van der Waals surface area contributed by atoms with Crippen LogP contribution >= 0.6 is 11.3 Å². The number of nitriles is 1. The molecule has 1 amide bonds. The summed E-state index contributed by atoms with van der Waals surface area (Å²) < 4.78 is 56.6. The second kappa shape index (κ2) is 10.5. The van der Waals surface area contributed by atoms with Crippen molar-refractivity contribution in [3.05, 3.63) is 40.7 Å². The molecule has 1 aromatic carbocycles. The van der Waals surface area contributed by atoms with Crippen LogP contribution in [0.5, 0.6) is 0 Å². The lowest BCUT2D eigenvalue weighted by molar-refractivity contribution is 0.0636. The lowest BCUT2D eigenvalue weighted by atomic mass is 9.94. The van der Waals surface area contributed by atoms with Crippen LogP contribution in [0, 0.1) is 23.0 Å². The zero-order valence-electron chi connectivity index (χ0n) is 24.2. The predicted octanol–water partition coefficient (Wildman–Crippen LogP) is 5.67. The molecule has 10 nitrogen and oxygen atoms in total. The van der Waals surface area contributed by atoms with E-state index in [0.29, 0.717) is 55.1 Å². The molecule has 1 atom stereocenters. The molecule has 2 fully saturated rings. The maximum atomic E-state index is 16.7. The molecule has 0 spiro atoms. The third-order valence-electron chi connectivity index (χ3n) is 8.14. The van der Waals surface area contributed by atoms with Crippen LogP contribution in [0.2, 0.25) is 0 Å². The maximum Gasteiger partial charge on any atom is 0.412 e. The van der Waals surface area contributed by atoms with E-state index in [2.05, 4.69) is 25.2 Å². The van der Waals surface area contributed by atoms with Gasteiger partial charge >= 0.3 is 6.09 Å². The van der Waals surface area contributed by atoms with Crippen LogP contribution < -0.4 is 10.2 Å². The van der Waals surface area contributed by atoms with Crippen molar-refractivity contribution in [1.82, 2.24) is 19.9 Å². The summed E-state index contributed by atoms with van der Waals surface area (Å²) in [6, 6.07) is 2.22. The molecule has 228 valence electrons. The van der Waals surface area contributed by atoms with Crippen molar-refractivity contribution in [2.24, 2.45) is 0 Å². The largest absolute Gasteiger partial charge is 0.444 e. The summed E-state index contributed by atoms with van der Waals surface area (Å²) in [4.78, 5) is 30.0. The number of benzene rings is 1. The van der Waals surface area contributed by atoms with Crippen LogP contribution in [-0.2, 0) is 22.7 Å². The number of anilines is 2. The number of fused-ring (bicyclic) bond motifs is 4. The van der Waals surface area contributed by atoms with Gasteiger partial charge in [-0.1, -0.05) is 0 Å². The number of pyridine rings is 1. The van der Waals surface area contributed by atoms with Gasteiger partial charge in [-0.2, -0.15) is 5.26 Å². The SMILES string of the molecule is CC(C)(C)OC(=O)Nc1sc2c(F)cnc(-c3c4c(c5cnc(N6CC(N7CC[C@H](F)C7)C6)nc5c3F)COC4)c2c1C#N. The van der Waals surface area contributed by atoms with E-state index in [1.807, 2.05) is 11.0 Å². The molecule has 2 saturated heterocycles. The highest BCUT2D eigenvalue weighted by molar-refractivity contribution is 7.23. The molecule has 4 aromatic rings. The third-order valence-corrected chi connectivity index (χ3v) is 9.26. The van der Waals surface area contributed by atoms with E-state index in [4.69, 9.17) is 9.47 Å². The van der Waals surface area contributed by atoms with Crippen LogP contribution in [0.15, 0.2) is 12.4 Å². The molecule has 0 bridgehead atoms. The molecule has 3 aliphatic rings. The maximum absolute atomic E-state index is 16.7. The summed E-state index contributed by atoms with van der Waals surface area (Å²) in [6.45, 7) is 7.69. The number of thiophene rings is 1. The van der Waals surface area contributed by atoms with Gasteiger partial charge in [0.15, 0.2) is 11.6 Å². The number of carbonyl (C=O) groups excluding carboxylic acids is 1. The Morgan fingerprint density at radius 1 is 1.18 bits per heavy atom. The fraction of sp³-hybridized carbons (Fsp3) is 0.433. The van der Waals surface area contributed by atoms with Crippen molar-refractivity contribution in [3.8, 4) is 17.3 Å². The fourth-order valence-electron chi connectivity index (χ4n) is 6.08. The zero-order chi connectivity index (χ0) is 30.9. The Balaban J connectivity index is 1.32. The summed E-state index contributed by atoms with van der Waals surface area (Å²) in [7, 11) is 0. The van der Waals surface area contributed by atoms with Gasteiger partial charge in [-0.05, 0) is 38.3 Å². The van der Waals surface area contributed by atoms with Gasteiger partial charge < -0.3 is 14.4 Å². The summed E-state index contributed by atoms with van der Waals surface area (Å²) in [5.74, 6) is -1.06. The number of halogens is 3. The Morgan fingerprint density at radius 2 is 1.95 bits per heavy atom. The van der Waals surface area contributed by atoms with E-state index in [1.165, 1.54) is 0 Å². The van der Waals surface area contributed by atoms with Gasteiger partial charge in [0.05, 0.1) is 35.4 Å². The number of likely N-dealkylation sites (tertiary alicyclic amines) is 1. The van der Waals surface area contributed by atoms with E-state index in [1.54, 1.807) is 27.0 Å². The molecule has 7 rings (SSSR count). The molecule has 44 heavy (non-hydrogen) atoms. The van der Waals surface area contributed by atoms with Crippen molar-refractivity contribution in [3.63, 3.8) is 0 Å². The molecule has 14 heteroatoms. The van der Waals surface area contributed by atoms with Crippen LogP contribution in [0.4, 0.5) is 28.9 Å². The topological polar surface area (TPSA) is 116 Å². The Kier molecular flexibility index (Phi) is 6.87. The smallest absolute Gasteiger partial charge is 0.412 e. The molecular formula is C30H28F3N7O3S. The number of nitrogens with zero attached hydrogens (tertiary/aromatic N) is 6. The summed E-state index contributed by atoms with van der Waals surface area (Å²) >= 11 is 0.846. The number of ether oxygens (including phenoxy) is 2. The fourth-order valence-corrected chi connectivity index (χ4v) is 7.12. The molecule has 1 N–H and O–H groups in total. The van der Waals surface area contributed by atoms with Gasteiger partial charge in [0, 0.05) is 54.8 Å². The Bertz CT molecular complexity index is 1880. The van der Waals surface area contributed by atoms with E-state index in [9.17, 15) is 14.4 Å². The second-order valence-electron chi connectivity index (χ2n) is 12.2. The number of rotatable bonds is 4. The third kappa shape index (κ3) is 4.79. The van der Waals surface area contributed by atoms with Crippen molar-refractivity contribution in [2.75, 3.05) is 36.4 Å². The Labute approximate surface area is 254 Å². The van der Waals surface area contributed by atoms with Gasteiger partial charge in [-0.3, -0.25) is 15.2 Å². The highest BCUT2D eigenvalue weighted by Gasteiger charge is 2.38. The zero-order valence-corrected chi connectivity index (χ0v) is 25.0. The van der Waals surface area contributed by atoms with Gasteiger partial charge in [0.1, 0.15) is 28.4 Å². The molecule has 3 aliphatic heterocycles. The van der Waals surface area contributed by atoms with Crippen molar-refractivity contribution in [2.45, 2.75) is 58.2 Å². The minimum atomic E-state index is -0.812. The predicted molar refractivity (Wildman–Crippen MR) is 158 cm³/mol. The minimum Gasteiger partial charge on any atom is -0.444 e. The van der Waals surface area contributed by atoms with Crippen molar-refractivity contribution < 1.29 is 27.4 Å². The number of alkyl halides is 1. The number of aromatic nitrogens is 3. The minimum absolute atomic E-state index is 0.0391. The quantitative estimate of drug-likeness (QED) is 0.307. The summed E-state index contributed by atoms with van der Waals surface area (Å²) in [5.41, 5.74) is 0.513. The molecular weight excluding hydrogens is 595 g/mol.